The molecule has 0 amide bonds. The second-order valence-electron chi connectivity index (χ2n) is 9.02. The average molecular weight is 408 g/mol. The number of rotatable bonds is 3. The molecule has 1 atom stereocenters. The molecule has 7 rings (SSSR count). The molecule has 32 heavy (non-hydrogen) atoms. The molecule has 1 unspecified atom stereocenters. The van der Waals surface area contributed by atoms with Crippen molar-refractivity contribution in [1.29, 1.82) is 0 Å². The van der Waals surface area contributed by atoms with E-state index in [4.69, 9.17) is 0 Å². The molecule has 0 bridgehead atoms. The lowest BCUT2D eigenvalue weighted by Gasteiger charge is -2.25. The summed E-state index contributed by atoms with van der Waals surface area (Å²) in [6.45, 7) is 0. The van der Waals surface area contributed by atoms with E-state index in [9.17, 15) is 0 Å². The first-order chi connectivity index (χ1) is 15.9. The van der Waals surface area contributed by atoms with Crippen LogP contribution in [0.3, 0.4) is 0 Å². The predicted molar refractivity (Wildman–Crippen MR) is 135 cm³/mol. The van der Waals surface area contributed by atoms with E-state index in [-0.39, 0.29) is 5.92 Å². The molecule has 4 aliphatic carbocycles. The van der Waals surface area contributed by atoms with Crippen molar-refractivity contribution in [2.24, 2.45) is 0 Å². The fourth-order valence-electron chi connectivity index (χ4n) is 5.83. The minimum Gasteiger partial charge on any atom is -0.0801 e. The topological polar surface area (TPSA) is 0 Å². The summed E-state index contributed by atoms with van der Waals surface area (Å²) >= 11 is 0. The first kappa shape index (κ1) is 18.0. The van der Waals surface area contributed by atoms with Crippen LogP contribution in [-0.2, 0) is 0 Å². The number of benzene rings is 3. The highest BCUT2D eigenvalue weighted by Gasteiger charge is 2.32. The van der Waals surface area contributed by atoms with Gasteiger partial charge < -0.3 is 0 Å². The third-order valence-corrected chi connectivity index (χ3v) is 7.28. The summed E-state index contributed by atoms with van der Waals surface area (Å²) in [4.78, 5) is 0. The molecule has 0 aromatic heterocycles. The Kier molecular flexibility index (Phi) is 3.90. The van der Waals surface area contributed by atoms with Gasteiger partial charge in [-0.1, -0.05) is 97.1 Å². The summed E-state index contributed by atoms with van der Waals surface area (Å²) < 4.78 is 0. The van der Waals surface area contributed by atoms with Crippen LogP contribution in [0.2, 0.25) is 0 Å². The summed E-state index contributed by atoms with van der Waals surface area (Å²) in [5.74, 6) is 0.279. The van der Waals surface area contributed by atoms with E-state index in [1.54, 1.807) is 0 Å². The number of allylic oxidation sites excluding steroid dienone is 9. The molecule has 0 fully saturated rings. The quantitative estimate of drug-likeness (QED) is 0.322. The van der Waals surface area contributed by atoms with Gasteiger partial charge in [-0.05, 0) is 80.1 Å². The van der Waals surface area contributed by atoms with Gasteiger partial charge in [-0.25, -0.2) is 0 Å². The Morgan fingerprint density at radius 3 is 2.25 bits per heavy atom. The molecule has 0 heteroatoms. The lowest BCUT2D eigenvalue weighted by atomic mass is 9.78. The van der Waals surface area contributed by atoms with Crippen LogP contribution in [0.15, 0.2) is 97.1 Å². The first-order valence-electron chi connectivity index (χ1n) is 11.5. The number of hydrogen-bond acceptors (Lipinski definition) is 0. The van der Waals surface area contributed by atoms with E-state index < -0.39 is 0 Å². The van der Waals surface area contributed by atoms with Gasteiger partial charge in [0.2, 0.25) is 0 Å². The van der Waals surface area contributed by atoms with Crippen molar-refractivity contribution < 1.29 is 0 Å². The minimum absolute atomic E-state index is 0.279. The molecule has 0 saturated carbocycles. The SMILES string of the molecule is [CH]1c2ccccc2-c2cc(C3=CC=CC3)c(C3C=Cc4ccccc43)c(C3=CC=CC3)c21. The third kappa shape index (κ3) is 2.56. The highest BCUT2D eigenvalue weighted by atomic mass is 14.4. The normalized spacial score (nSPS) is 19.2. The molecule has 1 radical (unpaired) electrons. The Morgan fingerprint density at radius 1 is 0.688 bits per heavy atom. The molecule has 0 saturated heterocycles. The second kappa shape index (κ2) is 6.93. The van der Waals surface area contributed by atoms with Gasteiger partial charge in [0, 0.05) is 12.3 Å². The highest BCUT2D eigenvalue weighted by Crippen LogP contribution is 2.51. The average Bonchev–Trinajstić information content (AvgIpc) is 3.64. The zero-order chi connectivity index (χ0) is 21.1. The molecule has 151 valence electrons. The summed E-state index contributed by atoms with van der Waals surface area (Å²) in [5, 5.41) is 0. The summed E-state index contributed by atoms with van der Waals surface area (Å²) in [5.41, 5.74) is 15.4. The molecule has 0 nitrogen and oxygen atoms in total. The maximum atomic E-state index is 2.48. The van der Waals surface area contributed by atoms with Gasteiger partial charge in [0.05, 0.1) is 0 Å². The van der Waals surface area contributed by atoms with E-state index in [0.717, 1.165) is 12.8 Å². The molecule has 0 spiro atoms. The minimum atomic E-state index is 0.279. The fourth-order valence-corrected chi connectivity index (χ4v) is 5.83. The maximum absolute atomic E-state index is 2.48. The fraction of sp³-hybridized carbons (Fsp3) is 0.0938. The number of hydrogen-bond donors (Lipinski definition) is 0. The summed E-state index contributed by atoms with van der Waals surface area (Å²) in [6.07, 6.45) is 22.8. The molecular formula is C32H23. The van der Waals surface area contributed by atoms with Crippen LogP contribution in [0.1, 0.15) is 57.7 Å². The molecule has 4 aliphatic rings. The van der Waals surface area contributed by atoms with E-state index >= 15 is 0 Å². The van der Waals surface area contributed by atoms with Gasteiger partial charge in [-0.15, -0.1) is 0 Å². The summed E-state index contributed by atoms with van der Waals surface area (Å²) in [7, 11) is 0. The van der Waals surface area contributed by atoms with Gasteiger partial charge >= 0.3 is 0 Å². The molecule has 3 aromatic carbocycles. The van der Waals surface area contributed by atoms with Crippen molar-refractivity contribution in [3.05, 3.63) is 142 Å². The van der Waals surface area contributed by atoms with Gasteiger partial charge in [0.1, 0.15) is 0 Å². The third-order valence-electron chi connectivity index (χ3n) is 7.28. The van der Waals surface area contributed by atoms with E-state index in [1.165, 1.54) is 61.2 Å². The molecule has 0 heterocycles. The van der Waals surface area contributed by atoms with Gasteiger partial charge in [-0.3, -0.25) is 0 Å². The smallest absolute Gasteiger partial charge is 0.0290 e. The van der Waals surface area contributed by atoms with Crippen molar-refractivity contribution in [2.75, 3.05) is 0 Å². The highest BCUT2D eigenvalue weighted by molar-refractivity contribution is 5.94. The van der Waals surface area contributed by atoms with Crippen molar-refractivity contribution in [3.8, 4) is 11.1 Å². The van der Waals surface area contributed by atoms with Crippen molar-refractivity contribution in [3.63, 3.8) is 0 Å². The van der Waals surface area contributed by atoms with Gasteiger partial charge in [-0.2, -0.15) is 0 Å². The van der Waals surface area contributed by atoms with Crippen LogP contribution < -0.4 is 0 Å². The molecule has 0 aliphatic heterocycles. The van der Waals surface area contributed by atoms with Crippen LogP contribution in [0.25, 0.3) is 28.3 Å². The van der Waals surface area contributed by atoms with E-state index in [1.807, 2.05) is 0 Å². The van der Waals surface area contributed by atoms with Crippen LogP contribution in [0.4, 0.5) is 0 Å². The van der Waals surface area contributed by atoms with Crippen LogP contribution in [0, 0.1) is 6.42 Å². The van der Waals surface area contributed by atoms with Crippen molar-refractivity contribution in [2.45, 2.75) is 18.8 Å². The first-order valence-corrected chi connectivity index (χ1v) is 11.5. The van der Waals surface area contributed by atoms with Crippen molar-refractivity contribution >= 4 is 17.2 Å². The lowest BCUT2D eigenvalue weighted by Crippen LogP contribution is -2.08. The Balaban J connectivity index is 1.56. The summed E-state index contributed by atoms with van der Waals surface area (Å²) in [6, 6.07) is 20.2. The standard InChI is InChI=1S/C32H23/c1-2-10-21(9-1)28-20-29-26-16-8-6-14-24(26)19-30(29)31(23-12-3-4-13-23)32(28)27-18-17-22-11-5-7-15-25(22)27/h1-9,11-12,14-20,27H,10,13H2. The van der Waals surface area contributed by atoms with E-state index in [2.05, 4.69) is 110 Å². The lowest BCUT2D eigenvalue weighted by molar-refractivity contribution is 1.03. The zero-order valence-electron chi connectivity index (χ0n) is 17.9. The Morgan fingerprint density at radius 2 is 1.44 bits per heavy atom. The molecule has 3 aromatic rings. The van der Waals surface area contributed by atoms with Gasteiger partial charge in [0.15, 0.2) is 0 Å². The van der Waals surface area contributed by atoms with Gasteiger partial charge in [0.25, 0.3) is 0 Å². The largest absolute Gasteiger partial charge is 0.0801 e. The second-order valence-corrected chi connectivity index (χ2v) is 9.02. The maximum Gasteiger partial charge on any atom is 0.0290 e. The predicted octanol–water partition coefficient (Wildman–Crippen LogP) is 8.11. The van der Waals surface area contributed by atoms with E-state index in [0.29, 0.717) is 0 Å². The molecular weight excluding hydrogens is 384 g/mol. The van der Waals surface area contributed by atoms with Crippen LogP contribution in [-0.4, -0.2) is 0 Å². The van der Waals surface area contributed by atoms with Crippen molar-refractivity contribution in [1.82, 2.24) is 0 Å². The zero-order valence-corrected chi connectivity index (χ0v) is 17.9. The van der Waals surface area contributed by atoms with Crippen LogP contribution >= 0.6 is 0 Å². The Bertz CT molecular complexity index is 1430. The van der Waals surface area contributed by atoms with Crippen LogP contribution in [0.5, 0.6) is 0 Å². The molecule has 0 N–H and O–H groups in total. The monoisotopic (exact) mass is 407 g/mol. The Labute approximate surface area is 189 Å². The number of fused-ring (bicyclic) bond motifs is 4. The Hall–Kier alpha value is -3.64.